The molecule has 2 fully saturated rings. The van der Waals surface area contributed by atoms with E-state index >= 15 is 0 Å². The molecule has 0 radical (unpaired) electrons. The second-order valence-corrected chi connectivity index (χ2v) is 13.3. The van der Waals surface area contributed by atoms with Crippen molar-refractivity contribution in [3.8, 4) is 0 Å². The normalized spacial score (nSPS) is 20.3. The van der Waals surface area contributed by atoms with Gasteiger partial charge in [-0.25, -0.2) is 0 Å². The van der Waals surface area contributed by atoms with E-state index in [-0.39, 0.29) is 0 Å². The van der Waals surface area contributed by atoms with Gasteiger partial charge in [0.1, 0.15) is 22.7 Å². The minimum absolute atomic E-state index is 0.344. The lowest BCUT2D eigenvalue weighted by molar-refractivity contribution is 0.0340. The average molecular weight is 628 g/mol. The van der Waals surface area contributed by atoms with E-state index in [1.165, 1.54) is 4.88 Å². The van der Waals surface area contributed by atoms with Gasteiger partial charge >= 0.3 is 0 Å². The minimum Gasteiger partial charge on any atom is -0.379 e. The molecule has 2 saturated heterocycles. The Kier molecular flexibility index (Phi) is 11.4. The molecule has 0 spiro atoms. The lowest BCUT2D eigenvalue weighted by Gasteiger charge is -2.32. The van der Waals surface area contributed by atoms with E-state index < -0.39 is 6.04 Å². The average Bonchev–Trinajstić information content (AvgIpc) is 3.22. The van der Waals surface area contributed by atoms with Crippen LogP contribution in [0.4, 0.5) is 5.00 Å². The Bertz CT molecular complexity index is 1260. The van der Waals surface area contributed by atoms with Gasteiger partial charge in [-0.15, -0.1) is 11.3 Å². The summed E-state index contributed by atoms with van der Waals surface area (Å²) in [5.41, 5.74) is 4.05. The van der Waals surface area contributed by atoms with E-state index in [0.29, 0.717) is 23.2 Å². The molecule has 11 heteroatoms. The number of amidine groups is 2. The summed E-state index contributed by atoms with van der Waals surface area (Å²) in [6.07, 6.45) is 2.12. The number of hydrogen-bond donors (Lipinski definition) is 2. The lowest BCUT2D eigenvalue weighted by Crippen LogP contribution is -2.46. The zero-order valence-electron chi connectivity index (χ0n) is 25.8. The van der Waals surface area contributed by atoms with Crippen LogP contribution in [0.15, 0.2) is 29.3 Å². The summed E-state index contributed by atoms with van der Waals surface area (Å²) in [6, 6.07) is 7.45. The highest BCUT2D eigenvalue weighted by Crippen LogP contribution is 2.40. The van der Waals surface area contributed by atoms with Crippen LogP contribution in [-0.4, -0.2) is 123 Å². The van der Waals surface area contributed by atoms with E-state index in [1.54, 1.807) is 18.3 Å². The third-order valence-electron chi connectivity index (χ3n) is 8.64. The Hall–Kier alpha value is -2.18. The SMILES string of the molecule is CC(=N)N1C(=N)[C@H](CN(CCCN2CCOCC2)CCCN2CCOCC2)N=C(c2ccc(Cl)cc2)c2c1sc(C)c2C. The molecule has 0 unspecified atom stereocenters. The van der Waals surface area contributed by atoms with Gasteiger partial charge in [0.15, 0.2) is 0 Å². The van der Waals surface area contributed by atoms with Crippen LogP contribution in [-0.2, 0) is 9.47 Å². The van der Waals surface area contributed by atoms with Gasteiger partial charge in [0.2, 0.25) is 0 Å². The fourth-order valence-electron chi connectivity index (χ4n) is 6.10. The van der Waals surface area contributed by atoms with Gasteiger partial charge < -0.3 is 14.4 Å². The van der Waals surface area contributed by atoms with Crippen molar-refractivity contribution in [3.63, 3.8) is 0 Å². The molecule has 0 aliphatic carbocycles. The van der Waals surface area contributed by atoms with E-state index in [0.717, 1.165) is 119 Å². The summed E-state index contributed by atoms with van der Waals surface area (Å²) >= 11 is 7.92. The summed E-state index contributed by atoms with van der Waals surface area (Å²) in [7, 11) is 0. The molecule has 43 heavy (non-hydrogen) atoms. The minimum atomic E-state index is -0.406. The number of halogens is 1. The van der Waals surface area contributed by atoms with Crippen LogP contribution >= 0.6 is 22.9 Å². The van der Waals surface area contributed by atoms with Crippen molar-refractivity contribution in [2.45, 2.75) is 39.7 Å². The number of rotatable bonds is 11. The number of anilines is 1. The van der Waals surface area contributed by atoms with Gasteiger partial charge in [0.05, 0.1) is 32.1 Å². The second kappa shape index (κ2) is 15.2. The maximum Gasteiger partial charge on any atom is 0.133 e. The molecular formula is C32H46ClN7O2S. The van der Waals surface area contributed by atoms with Gasteiger partial charge in [-0.1, -0.05) is 23.7 Å². The van der Waals surface area contributed by atoms with Crippen LogP contribution in [0.2, 0.25) is 5.02 Å². The Morgan fingerprint density at radius 1 is 0.977 bits per heavy atom. The Labute approximate surface area is 265 Å². The van der Waals surface area contributed by atoms with Crippen molar-refractivity contribution in [1.82, 2.24) is 14.7 Å². The monoisotopic (exact) mass is 627 g/mol. The van der Waals surface area contributed by atoms with Gasteiger partial charge in [0, 0.05) is 53.8 Å². The van der Waals surface area contributed by atoms with Crippen molar-refractivity contribution in [3.05, 3.63) is 50.9 Å². The molecule has 4 heterocycles. The molecule has 1 atom stereocenters. The summed E-state index contributed by atoms with van der Waals surface area (Å²) in [5.74, 6) is 0.710. The van der Waals surface area contributed by atoms with Gasteiger partial charge in [-0.2, -0.15) is 0 Å². The predicted octanol–water partition coefficient (Wildman–Crippen LogP) is 4.77. The number of nitrogens with zero attached hydrogens (tertiary/aromatic N) is 5. The molecule has 3 aliphatic heterocycles. The van der Waals surface area contributed by atoms with E-state index in [1.807, 2.05) is 29.2 Å². The summed E-state index contributed by atoms with van der Waals surface area (Å²) < 4.78 is 11.1. The van der Waals surface area contributed by atoms with Crippen LogP contribution < -0.4 is 4.90 Å². The third kappa shape index (κ3) is 8.11. The largest absolute Gasteiger partial charge is 0.379 e. The first-order valence-electron chi connectivity index (χ1n) is 15.5. The molecule has 1 aromatic heterocycles. The number of fused-ring (bicyclic) bond motifs is 1. The van der Waals surface area contributed by atoms with Crippen molar-refractivity contribution in [1.29, 1.82) is 10.8 Å². The summed E-state index contributed by atoms with van der Waals surface area (Å²) in [6.45, 7) is 17.9. The fraction of sp³-hybridized carbons (Fsp3) is 0.594. The first-order valence-corrected chi connectivity index (χ1v) is 16.7. The van der Waals surface area contributed by atoms with Gasteiger partial charge in [-0.05, 0) is 77.5 Å². The van der Waals surface area contributed by atoms with Crippen molar-refractivity contribution in [2.75, 3.05) is 90.2 Å². The fourth-order valence-corrected chi connectivity index (χ4v) is 7.45. The number of hydrogen-bond acceptors (Lipinski definition) is 9. The second-order valence-electron chi connectivity index (χ2n) is 11.7. The van der Waals surface area contributed by atoms with Crippen LogP contribution in [0, 0.1) is 24.7 Å². The quantitative estimate of drug-likeness (QED) is 0.276. The molecular weight excluding hydrogens is 582 g/mol. The summed E-state index contributed by atoms with van der Waals surface area (Å²) in [4.78, 5) is 15.8. The number of benzene rings is 1. The number of ether oxygens (including phenoxy) is 2. The molecule has 0 bridgehead atoms. The number of nitrogens with one attached hydrogen (secondary N) is 2. The summed E-state index contributed by atoms with van der Waals surface area (Å²) in [5, 5.41) is 19.8. The highest BCUT2D eigenvalue weighted by atomic mass is 35.5. The van der Waals surface area contributed by atoms with E-state index in [2.05, 4.69) is 28.5 Å². The molecule has 2 aromatic rings. The number of morpholine rings is 2. The molecule has 5 rings (SSSR count). The molecule has 0 amide bonds. The van der Waals surface area contributed by atoms with Gasteiger partial charge in [0.25, 0.3) is 0 Å². The Balaban J connectivity index is 1.42. The van der Waals surface area contributed by atoms with E-state index in [4.69, 9.17) is 31.5 Å². The van der Waals surface area contributed by atoms with Crippen molar-refractivity contribution in [2.24, 2.45) is 4.99 Å². The van der Waals surface area contributed by atoms with Crippen molar-refractivity contribution >= 4 is 45.3 Å². The third-order valence-corrected chi connectivity index (χ3v) is 10.1. The van der Waals surface area contributed by atoms with Crippen LogP contribution in [0.3, 0.4) is 0 Å². The zero-order valence-corrected chi connectivity index (χ0v) is 27.4. The van der Waals surface area contributed by atoms with Crippen LogP contribution in [0.1, 0.15) is 41.3 Å². The van der Waals surface area contributed by atoms with E-state index in [9.17, 15) is 5.41 Å². The number of aryl methyl sites for hydroxylation is 1. The standard InChI is InChI=1S/C32H46ClN7O2S/c1-23-24(2)43-32-29(23)30(26-6-8-27(33)9-7-26)36-28(31(35)40(32)25(3)34)22-39(12-4-10-37-14-18-41-19-15-37)13-5-11-38-16-20-42-21-17-38/h6-9,28,34-35H,4-5,10-22H2,1-3H3/t28-/m0/s1. The predicted molar refractivity (Wildman–Crippen MR) is 178 cm³/mol. The first kappa shape index (κ1) is 32.2. The maximum atomic E-state index is 9.43. The molecule has 0 saturated carbocycles. The molecule has 9 nitrogen and oxygen atoms in total. The molecule has 2 N–H and O–H groups in total. The number of aliphatic imine (C=N–C) groups is 1. The Morgan fingerprint density at radius 2 is 1.53 bits per heavy atom. The van der Waals surface area contributed by atoms with Crippen LogP contribution in [0.5, 0.6) is 0 Å². The zero-order chi connectivity index (χ0) is 30.3. The number of thiophene rings is 1. The molecule has 234 valence electrons. The lowest BCUT2D eigenvalue weighted by atomic mass is 10.00. The Morgan fingerprint density at radius 3 is 2.07 bits per heavy atom. The van der Waals surface area contributed by atoms with Gasteiger partial charge in [-0.3, -0.25) is 30.5 Å². The highest BCUT2D eigenvalue weighted by Gasteiger charge is 2.34. The van der Waals surface area contributed by atoms with Crippen molar-refractivity contribution < 1.29 is 9.47 Å². The van der Waals surface area contributed by atoms with Crippen LogP contribution in [0.25, 0.3) is 0 Å². The highest BCUT2D eigenvalue weighted by molar-refractivity contribution is 7.17. The smallest absolute Gasteiger partial charge is 0.133 e. The first-order chi connectivity index (χ1) is 20.8. The maximum absolute atomic E-state index is 9.43. The molecule has 3 aliphatic rings. The topological polar surface area (TPSA) is 91.5 Å². The molecule has 1 aromatic carbocycles.